The van der Waals surface area contributed by atoms with E-state index in [1.807, 2.05) is 13.8 Å². The third-order valence-electron chi connectivity index (χ3n) is 2.36. The summed E-state index contributed by atoms with van der Waals surface area (Å²) >= 11 is 5.38. The van der Waals surface area contributed by atoms with Crippen molar-refractivity contribution in [1.29, 1.82) is 0 Å². The van der Waals surface area contributed by atoms with Crippen LogP contribution in [0.5, 0.6) is 5.75 Å². The SMILES string of the molecule is CC(C)NCc1ccc([N+](=O)[O-])c(OC/C=C/Cl)c1. The minimum absolute atomic E-state index is 0.0451. The first-order valence-corrected chi connectivity index (χ1v) is 6.37. The number of hydrogen-bond donors (Lipinski definition) is 1. The molecule has 104 valence electrons. The lowest BCUT2D eigenvalue weighted by Gasteiger charge is -2.10. The first-order valence-electron chi connectivity index (χ1n) is 5.93. The van der Waals surface area contributed by atoms with Crippen molar-refractivity contribution in [2.24, 2.45) is 0 Å². The molecular formula is C13H17ClN2O3. The van der Waals surface area contributed by atoms with Crippen LogP contribution in [-0.2, 0) is 6.54 Å². The number of benzene rings is 1. The normalized spacial score (nSPS) is 11.2. The summed E-state index contributed by atoms with van der Waals surface area (Å²) in [5.74, 6) is 0.253. The van der Waals surface area contributed by atoms with E-state index in [0.29, 0.717) is 12.6 Å². The number of nitro groups is 1. The Morgan fingerprint density at radius 1 is 1.53 bits per heavy atom. The van der Waals surface area contributed by atoms with E-state index < -0.39 is 4.92 Å². The van der Waals surface area contributed by atoms with Crippen LogP contribution in [-0.4, -0.2) is 17.6 Å². The van der Waals surface area contributed by atoms with Gasteiger partial charge in [0, 0.05) is 24.2 Å². The van der Waals surface area contributed by atoms with E-state index in [1.54, 1.807) is 18.2 Å². The number of nitro benzene ring substituents is 1. The summed E-state index contributed by atoms with van der Waals surface area (Å²) in [5, 5.41) is 14.1. The molecule has 1 rings (SSSR count). The average molecular weight is 285 g/mol. The molecule has 0 aliphatic rings. The summed E-state index contributed by atoms with van der Waals surface area (Å²) in [6, 6.07) is 5.20. The van der Waals surface area contributed by atoms with E-state index in [4.69, 9.17) is 16.3 Å². The largest absolute Gasteiger partial charge is 0.483 e. The van der Waals surface area contributed by atoms with Gasteiger partial charge >= 0.3 is 5.69 Å². The van der Waals surface area contributed by atoms with Crippen LogP contribution in [0.4, 0.5) is 5.69 Å². The highest BCUT2D eigenvalue weighted by molar-refractivity contribution is 6.25. The maximum atomic E-state index is 10.9. The van der Waals surface area contributed by atoms with Crippen molar-refractivity contribution in [2.75, 3.05) is 6.61 Å². The molecule has 19 heavy (non-hydrogen) atoms. The van der Waals surface area contributed by atoms with E-state index in [2.05, 4.69) is 5.32 Å². The van der Waals surface area contributed by atoms with Gasteiger partial charge in [0.25, 0.3) is 0 Å². The summed E-state index contributed by atoms with van der Waals surface area (Å²) in [5.41, 5.74) is 2.20. The van der Waals surface area contributed by atoms with Gasteiger partial charge in [-0.25, -0.2) is 0 Å². The van der Waals surface area contributed by atoms with Gasteiger partial charge in [0.05, 0.1) is 4.92 Å². The molecule has 5 nitrogen and oxygen atoms in total. The van der Waals surface area contributed by atoms with Crippen molar-refractivity contribution in [2.45, 2.75) is 26.4 Å². The molecule has 0 spiro atoms. The summed E-state index contributed by atoms with van der Waals surface area (Å²) in [6.45, 7) is 4.91. The first-order chi connectivity index (χ1) is 9.04. The van der Waals surface area contributed by atoms with Gasteiger partial charge in [-0.1, -0.05) is 31.5 Å². The van der Waals surface area contributed by atoms with Crippen LogP contribution in [0, 0.1) is 10.1 Å². The number of rotatable bonds is 7. The van der Waals surface area contributed by atoms with Gasteiger partial charge in [-0.15, -0.1) is 0 Å². The highest BCUT2D eigenvalue weighted by Gasteiger charge is 2.15. The van der Waals surface area contributed by atoms with Crippen molar-refractivity contribution < 1.29 is 9.66 Å². The second-order valence-corrected chi connectivity index (χ2v) is 4.52. The van der Waals surface area contributed by atoms with E-state index in [-0.39, 0.29) is 18.0 Å². The molecule has 0 heterocycles. The number of nitrogens with one attached hydrogen (secondary N) is 1. The molecule has 0 aliphatic heterocycles. The predicted molar refractivity (Wildman–Crippen MR) is 75.6 cm³/mol. The predicted octanol–water partition coefficient (Wildman–Crippen LogP) is 3.22. The standard InChI is InChI=1S/C13H17ClN2O3/c1-10(2)15-9-11-4-5-12(16(17)18)13(8-11)19-7-3-6-14/h3-6,8,10,15H,7,9H2,1-2H3/b6-3+. The molecule has 1 aromatic carbocycles. The molecule has 0 radical (unpaired) electrons. The van der Waals surface area contributed by atoms with E-state index in [0.717, 1.165) is 5.56 Å². The minimum Gasteiger partial charge on any atom is -0.483 e. The molecule has 1 aromatic rings. The van der Waals surface area contributed by atoms with E-state index >= 15 is 0 Å². The lowest BCUT2D eigenvalue weighted by molar-refractivity contribution is -0.385. The summed E-state index contributed by atoms with van der Waals surface area (Å²) in [4.78, 5) is 10.4. The van der Waals surface area contributed by atoms with Crippen molar-refractivity contribution in [3.05, 3.63) is 45.5 Å². The van der Waals surface area contributed by atoms with Crippen LogP contribution in [0.3, 0.4) is 0 Å². The Kier molecular flexibility index (Phi) is 6.32. The molecule has 0 atom stereocenters. The quantitative estimate of drug-likeness (QED) is 0.617. The van der Waals surface area contributed by atoms with Crippen LogP contribution in [0.1, 0.15) is 19.4 Å². The van der Waals surface area contributed by atoms with E-state index in [9.17, 15) is 10.1 Å². The fraction of sp³-hybridized carbons (Fsp3) is 0.385. The van der Waals surface area contributed by atoms with Crippen LogP contribution in [0.2, 0.25) is 0 Å². The van der Waals surface area contributed by atoms with E-state index in [1.165, 1.54) is 11.6 Å². The van der Waals surface area contributed by atoms with Crippen molar-refractivity contribution >= 4 is 17.3 Å². The van der Waals surface area contributed by atoms with Crippen LogP contribution < -0.4 is 10.1 Å². The van der Waals surface area contributed by atoms with Gasteiger partial charge in [0.15, 0.2) is 5.75 Å². The Morgan fingerprint density at radius 3 is 2.84 bits per heavy atom. The molecule has 0 aromatic heterocycles. The Hall–Kier alpha value is -1.59. The summed E-state index contributed by atoms with van der Waals surface area (Å²) in [6.07, 6.45) is 1.57. The van der Waals surface area contributed by atoms with Crippen LogP contribution in [0.25, 0.3) is 0 Å². The zero-order chi connectivity index (χ0) is 14.3. The lowest BCUT2D eigenvalue weighted by atomic mass is 10.2. The van der Waals surface area contributed by atoms with Crippen molar-refractivity contribution in [3.63, 3.8) is 0 Å². The fourth-order valence-electron chi connectivity index (χ4n) is 1.43. The fourth-order valence-corrected chi connectivity index (χ4v) is 1.50. The van der Waals surface area contributed by atoms with Gasteiger partial charge in [-0.05, 0) is 17.7 Å². The molecule has 0 aliphatic carbocycles. The zero-order valence-electron chi connectivity index (χ0n) is 10.9. The molecule has 6 heteroatoms. The Balaban J connectivity index is 2.87. The molecule has 0 fully saturated rings. The maximum Gasteiger partial charge on any atom is 0.310 e. The zero-order valence-corrected chi connectivity index (χ0v) is 11.7. The lowest BCUT2D eigenvalue weighted by Crippen LogP contribution is -2.21. The third-order valence-corrected chi connectivity index (χ3v) is 2.54. The molecule has 0 saturated heterocycles. The van der Waals surface area contributed by atoms with Crippen molar-refractivity contribution in [3.8, 4) is 5.75 Å². The maximum absolute atomic E-state index is 10.9. The number of nitrogens with zero attached hydrogens (tertiary/aromatic N) is 1. The van der Waals surface area contributed by atoms with Gasteiger partial charge in [0.2, 0.25) is 0 Å². The van der Waals surface area contributed by atoms with Gasteiger partial charge in [-0.2, -0.15) is 0 Å². The van der Waals surface area contributed by atoms with Crippen molar-refractivity contribution in [1.82, 2.24) is 5.32 Å². The number of hydrogen-bond acceptors (Lipinski definition) is 4. The smallest absolute Gasteiger partial charge is 0.310 e. The third kappa shape index (κ3) is 5.28. The molecule has 0 bridgehead atoms. The molecule has 1 N–H and O–H groups in total. The van der Waals surface area contributed by atoms with Gasteiger partial charge in [0.1, 0.15) is 6.61 Å². The highest BCUT2D eigenvalue weighted by Crippen LogP contribution is 2.28. The highest BCUT2D eigenvalue weighted by atomic mass is 35.5. The molecule has 0 unspecified atom stereocenters. The second-order valence-electron chi connectivity index (χ2n) is 4.27. The Morgan fingerprint density at radius 2 is 2.26 bits per heavy atom. The molecule has 0 amide bonds. The second kappa shape index (κ2) is 7.76. The minimum atomic E-state index is -0.459. The van der Waals surface area contributed by atoms with Gasteiger partial charge < -0.3 is 10.1 Å². The first kappa shape index (κ1) is 15.5. The topological polar surface area (TPSA) is 64.4 Å². The summed E-state index contributed by atoms with van der Waals surface area (Å²) < 4.78 is 5.35. The Labute approximate surface area is 117 Å². The van der Waals surface area contributed by atoms with Crippen LogP contribution in [0.15, 0.2) is 29.8 Å². The molecular weight excluding hydrogens is 268 g/mol. The average Bonchev–Trinajstić information content (AvgIpc) is 2.36. The molecule has 0 saturated carbocycles. The monoisotopic (exact) mass is 284 g/mol. The van der Waals surface area contributed by atoms with Crippen LogP contribution >= 0.6 is 11.6 Å². The summed E-state index contributed by atoms with van der Waals surface area (Å²) in [7, 11) is 0. The number of halogens is 1. The Bertz CT molecular complexity index is 461. The van der Waals surface area contributed by atoms with Gasteiger partial charge in [-0.3, -0.25) is 10.1 Å². The number of ether oxygens (including phenoxy) is 1.